The Morgan fingerprint density at radius 3 is 2.63 bits per heavy atom. The maximum Gasteiger partial charge on any atom is 0.0704 e. The van der Waals surface area contributed by atoms with Crippen LogP contribution in [0.15, 0.2) is 38.6 Å². The second-order valence-electron chi connectivity index (χ2n) is 4.50. The molecule has 102 valence electrons. The van der Waals surface area contributed by atoms with Gasteiger partial charge in [0.1, 0.15) is 0 Å². The van der Waals surface area contributed by atoms with E-state index < -0.39 is 0 Å². The van der Waals surface area contributed by atoms with E-state index in [0.29, 0.717) is 0 Å². The smallest absolute Gasteiger partial charge is 0.0704 e. The summed E-state index contributed by atoms with van der Waals surface area (Å²) in [5.41, 5.74) is 2.67. The molecule has 0 amide bonds. The highest BCUT2D eigenvalue weighted by molar-refractivity contribution is 9.11. The zero-order chi connectivity index (χ0) is 13.8. The van der Waals surface area contributed by atoms with Crippen LogP contribution in [-0.2, 0) is 0 Å². The zero-order valence-electron chi connectivity index (χ0n) is 11.0. The Labute approximate surface area is 135 Å². The van der Waals surface area contributed by atoms with Gasteiger partial charge >= 0.3 is 0 Å². The molecule has 0 radical (unpaired) electrons. The minimum atomic E-state index is 0.264. The molecule has 1 N–H and O–H groups in total. The topological polar surface area (TPSA) is 12.0 Å². The average molecular weight is 403 g/mol. The predicted molar refractivity (Wildman–Crippen MR) is 91.0 cm³/mol. The minimum Gasteiger partial charge on any atom is -0.306 e. The molecular weight excluding hydrogens is 386 g/mol. The van der Waals surface area contributed by atoms with Crippen molar-refractivity contribution in [1.29, 1.82) is 0 Å². The summed E-state index contributed by atoms with van der Waals surface area (Å²) in [6.07, 6.45) is 1.13. The highest BCUT2D eigenvalue weighted by atomic mass is 79.9. The average Bonchev–Trinajstić information content (AvgIpc) is 2.69. The molecular formula is C15H17Br2NS. The maximum absolute atomic E-state index is 3.65. The van der Waals surface area contributed by atoms with Gasteiger partial charge in [-0.05, 0) is 65.1 Å². The molecule has 0 aliphatic carbocycles. The summed E-state index contributed by atoms with van der Waals surface area (Å²) < 4.78 is 2.32. The molecule has 0 spiro atoms. The number of hydrogen-bond acceptors (Lipinski definition) is 2. The van der Waals surface area contributed by atoms with Gasteiger partial charge in [0, 0.05) is 9.35 Å². The van der Waals surface area contributed by atoms with E-state index in [-0.39, 0.29) is 6.04 Å². The zero-order valence-corrected chi connectivity index (χ0v) is 15.0. The summed E-state index contributed by atoms with van der Waals surface area (Å²) in [6, 6.07) is 11.0. The van der Waals surface area contributed by atoms with Crippen LogP contribution < -0.4 is 5.32 Å². The highest BCUT2D eigenvalue weighted by Crippen LogP contribution is 2.34. The van der Waals surface area contributed by atoms with Crippen molar-refractivity contribution in [3.05, 3.63) is 54.6 Å². The largest absolute Gasteiger partial charge is 0.306 e. The minimum absolute atomic E-state index is 0.264. The standard InChI is InChI=1S/C15H17Br2NS/c1-3-7-18-15(11-5-4-6-12(16)8-11)13-9-14(17)19-10(13)2/h4-6,8-9,15,18H,3,7H2,1-2H3. The second kappa shape index (κ2) is 7.02. The van der Waals surface area contributed by atoms with Crippen molar-refractivity contribution < 1.29 is 0 Å². The number of halogens is 2. The van der Waals surface area contributed by atoms with Crippen molar-refractivity contribution in [2.75, 3.05) is 6.54 Å². The van der Waals surface area contributed by atoms with Gasteiger partial charge in [-0.1, -0.05) is 35.0 Å². The Kier molecular flexibility index (Phi) is 5.63. The van der Waals surface area contributed by atoms with Crippen molar-refractivity contribution in [3.8, 4) is 0 Å². The molecule has 0 saturated heterocycles. The molecule has 0 aliphatic rings. The summed E-state index contributed by atoms with van der Waals surface area (Å²) in [5.74, 6) is 0. The van der Waals surface area contributed by atoms with Crippen LogP contribution in [0.3, 0.4) is 0 Å². The number of hydrogen-bond donors (Lipinski definition) is 1. The molecule has 2 aromatic rings. The molecule has 0 saturated carbocycles. The van der Waals surface area contributed by atoms with Crippen molar-refractivity contribution in [2.24, 2.45) is 0 Å². The first kappa shape index (κ1) is 15.2. The molecule has 4 heteroatoms. The first-order valence-electron chi connectivity index (χ1n) is 6.36. The van der Waals surface area contributed by atoms with E-state index in [9.17, 15) is 0 Å². The monoisotopic (exact) mass is 401 g/mol. The Balaban J connectivity index is 2.38. The second-order valence-corrected chi connectivity index (χ2v) is 8.06. The maximum atomic E-state index is 3.65. The van der Waals surface area contributed by atoms with Crippen molar-refractivity contribution in [1.82, 2.24) is 5.32 Å². The Morgan fingerprint density at radius 1 is 1.26 bits per heavy atom. The summed E-state index contributed by atoms with van der Waals surface area (Å²) in [7, 11) is 0. The van der Waals surface area contributed by atoms with Gasteiger partial charge in [0.2, 0.25) is 0 Å². The molecule has 1 heterocycles. The summed E-state index contributed by atoms with van der Waals surface area (Å²) >= 11 is 8.94. The Morgan fingerprint density at radius 2 is 2.05 bits per heavy atom. The lowest BCUT2D eigenvalue weighted by Crippen LogP contribution is -2.23. The van der Waals surface area contributed by atoms with Crippen LogP contribution in [0.1, 0.15) is 35.4 Å². The number of aryl methyl sites for hydroxylation is 1. The number of nitrogens with one attached hydrogen (secondary N) is 1. The van der Waals surface area contributed by atoms with Crippen LogP contribution in [-0.4, -0.2) is 6.54 Å². The van der Waals surface area contributed by atoms with Crippen LogP contribution in [0.25, 0.3) is 0 Å². The van der Waals surface area contributed by atoms with Gasteiger partial charge in [0.15, 0.2) is 0 Å². The fourth-order valence-corrected chi connectivity index (χ4v) is 4.29. The third kappa shape index (κ3) is 3.91. The van der Waals surface area contributed by atoms with E-state index in [2.05, 4.69) is 81.4 Å². The first-order valence-corrected chi connectivity index (χ1v) is 8.76. The molecule has 1 unspecified atom stereocenters. The van der Waals surface area contributed by atoms with Crippen LogP contribution in [0.4, 0.5) is 0 Å². The van der Waals surface area contributed by atoms with Gasteiger partial charge in [-0.3, -0.25) is 0 Å². The SMILES string of the molecule is CCCNC(c1cccc(Br)c1)c1cc(Br)sc1C. The third-order valence-electron chi connectivity index (χ3n) is 3.02. The number of benzene rings is 1. The van der Waals surface area contributed by atoms with Gasteiger partial charge in [-0.2, -0.15) is 0 Å². The highest BCUT2D eigenvalue weighted by Gasteiger charge is 2.17. The summed E-state index contributed by atoms with van der Waals surface area (Å²) in [4.78, 5) is 1.36. The summed E-state index contributed by atoms with van der Waals surface area (Å²) in [6.45, 7) is 5.40. The molecule has 0 fully saturated rings. The third-order valence-corrected chi connectivity index (χ3v) is 5.08. The summed E-state index contributed by atoms with van der Waals surface area (Å²) in [5, 5.41) is 3.65. The van der Waals surface area contributed by atoms with Gasteiger partial charge in [-0.15, -0.1) is 11.3 Å². The Bertz CT molecular complexity index is 551. The van der Waals surface area contributed by atoms with Crippen molar-refractivity contribution >= 4 is 43.2 Å². The molecule has 1 atom stereocenters. The van der Waals surface area contributed by atoms with E-state index in [1.54, 1.807) is 11.3 Å². The van der Waals surface area contributed by atoms with Crippen LogP contribution in [0, 0.1) is 6.92 Å². The van der Waals surface area contributed by atoms with Gasteiger partial charge < -0.3 is 5.32 Å². The van der Waals surface area contributed by atoms with E-state index in [4.69, 9.17) is 0 Å². The Hall–Kier alpha value is -0.160. The number of rotatable bonds is 5. The fraction of sp³-hybridized carbons (Fsp3) is 0.333. The van der Waals surface area contributed by atoms with Gasteiger partial charge in [-0.25, -0.2) is 0 Å². The molecule has 19 heavy (non-hydrogen) atoms. The molecule has 2 rings (SSSR count). The van der Waals surface area contributed by atoms with Crippen LogP contribution in [0.2, 0.25) is 0 Å². The quantitative estimate of drug-likeness (QED) is 0.679. The van der Waals surface area contributed by atoms with E-state index >= 15 is 0 Å². The predicted octanol–water partition coefficient (Wildman–Crippen LogP) is 5.67. The first-order chi connectivity index (χ1) is 9.11. The van der Waals surface area contributed by atoms with Gasteiger partial charge in [0.05, 0.1) is 9.83 Å². The molecule has 0 aliphatic heterocycles. The molecule has 1 aromatic heterocycles. The lowest BCUT2D eigenvalue weighted by molar-refractivity contribution is 0.598. The van der Waals surface area contributed by atoms with E-state index in [0.717, 1.165) is 17.4 Å². The van der Waals surface area contributed by atoms with Crippen molar-refractivity contribution in [3.63, 3.8) is 0 Å². The van der Waals surface area contributed by atoms with Gasteiger partial charge in [0.25, 0.3) is 0 Å². The normalized spacial score (nSPS) is 12.6. The van der Waals surface area contributed by atoms with Crippen molar-refractivity contribution in [2.45, 2.75) is 26.3 Å². The van der Waals surface area contributed by atoms with E-state index in [1.807, 2.05) is 0 Å². The molecule has 1 aromatic carbocycles. The lowest BCUT2D eigenvalue weighted by Gasteiger charge is -2.19. The van der Waals surface area contributed by atoms with Crippen LogP contribution in [0.5, 0.6) is 0 Å². The van der Waals surface area contributed by atoms with Crippen LogP contribution >= 0.6 is 43.2 Å². The fourth-order valence-electron chi connectivity index (χ4n) is 2.13. The molecule has 1 nitrogen and oxygen atoms in total. The molecule has 0 bridgehead atoms. The number of thiophene rings is 1. The lowest BCUT2D eigenvalue weighted by atomic mass is 9.99. The van der Waals surface area contributed by atoms with E-state index in [1.165, 1.54) is 19.8 Å².